The van der Waals surface area contributed by atoms with E-state index in [9.17, 15) is 18.0 Å². The monoisotopic (exact) mass is 407 g/mol. The molecule has 3 rings (SSSR count). The highest BCUT2D eigenvalue weighted by Crippen LogP contribution is 2.23. The number of para-hydroxylation sites is 1. The summed E-state index contributed by atoms with van der Waals surface area (Å²) in [6.45, 7) is -0.229. The van der Waals surface area contributed by atoms with Gasteiger partial charge in [-0.25, -0.2) is 18.1 Å². The predicted octanol–water partition coefficient (Wildman–Crippen LogP) is 0.660. The van der Waals surface area contributed by atoms with Crippen molar-refractivity contribution >= 4 is 43.4 Å². The van der Waals surface area contributed by atoms with E-state index in [-0.39, 0.29) is 16.5 Å². The van der Waals surface area contributed by atoms with Crippen LogP contribution in [0.2, 0.25) is 0 Å². The fourth-order valence-electron chi connectivity index (χ4n) is 2.37. The zero-order valence-electron chi connectivity index (χ0n) is 14.3. The van der Waals surface area contributed by atoms with Gasteiger partial charge >= 0.3 is 0 Å². The number of nitrogens with one attached hydrogen (secondary N) is 2. The van der Waals surface area contributed by atoms with E-state index in [1.165, 1.54) is 28.5 Å². The summed E-state index contributed by atoms with van der Waals surface area (Å²) in [4.78, 5) is 31.7. The molecule has 27 heavy (non-hydrogen) atoms. The van der Waals surface area contributed by atoms with Gasteiger partial charge in [-0.3, -0.25) is 9.59 Å². The Labute approximate surface area is 159 Å². The van der Waals surface area contributed by atoms with Crippen LogP contribution in [0.15, 0.2) is 41.4 Å². The Hall–Kier alpha value is -2.76. The first kappa shape index (κ1) is 19.0. The minimum atomic E-state index is -3.93. The number of hydrogen-bond donors (Lipinski definition) is 3. The second-order valence-electron chi connectivity index (χ2n) is 5.78. The van der Waals surface area contributed by atoms with Crippen LogP contribution in [0.4, 0.5) is 0 Å². The Kier molecular flexibility index (Phi) is 5.26. The first-order valence-corrected chi connectivity index (χ1v) is 10.1. The van der Waals surface area contributed by atoms with Gasteiger partial charge in [-0.05, 0) is 18.2 Å². The normalized spacial score (nSPS) is 11.6. The van der Waals surface area contributed by atoms with E-state index < -0.39 is 22.5 Å². The maximum absolute atomic E-state index is 12.6. The summed E-state index contributed by atoms with van der Waals surface area (Å²) in [5.74, 6) is -1.19. The Bertz CT molecular complexity index is 1070. The maximum Gasteiger partial charge on any atom is 0.270 e. The number of amides is 2. The first-order chi connectivity index (χ1) is 12.8. The van der Waals surface area contributed by atoms with Crippen LogP contribution in [0, 0.1) is 0 Å². The molecule has 0 aliphatic rings. The summed E-state index contributed by atoms with van der Waals surface area (Å²) in [5.41, 5.74) is 5.91. The van der Waals surface area contributed by atoms with Crippen molar-refractivity contribution in [2.45, 2.75) is 11.4 Å². The van der Waals surface area contributed by atoms with Crippen molar-refractivity contribution < 1.29 is 18.0 Å². The lowest BCUT2D eigenvalue weighted by Gasteiger charge is -2.14. The van der Waals surface area contributed by atoms with Crippen molar-refractivity contribution in [2.24, 2.45) is 5.73 Å². The second kappa shape index (κ2) is 7.47. The average molecular weight is 407 g/mol. The SMILES string of the molecule is CN(Cc1nc2ccccc2s1)C(=O)c1cc(S(=O)(=O)NCC(N)=O)c[nH]1. The molecule has 2 heterocycles. The maximum atomic E-state index is 12.6. The van der Waals surface area contributed by atoms with Crippen LogP contribution in [-0.4, -0.2) is 48.7 Å². The number of hydrogen-bond acceptors (Lipinski definition) is 6. The third-order valence-corrected chi connectivity index (χ3v) is 6.09. The topological polar surface area (TPSA) is 138 Å². The molecule has 0 saturated carbocycles. The smallest absolute Gasteiger partial charge is 0.270 e. The van der Waals surface area contributed by atoms with Crippen LogP contribution in [-0.2, 0) is 21.4 Å². The molecule has 11 heteroatoms. The Morgan fingerprint density at radius 1 is 1.33 bits per heavy atom. The molecule has 0 aliphatic carbocycles. The van der Waals surface area contributed by atoms with E-state index in [1.54, 1.807) is 7.05 Å². The molecule has 2 amide bonds. The molecule has 0 bridgehead atoms. The fraction of sp³-hybridized carbons (Fsp3) is 0.188. The molecule has 1 aromatic carbocycles. The average Bonchev–Trinajstić information content (AvgIpc) is 3.26. The van der Waals surface area contributed by atoms with Gasteiger partial charge in [-0.2, -0.15) is 0 Å². The van der Waals surface area contributed by atoms with Gasteiger partial charge in [0.25, 0.3) is 5.91 Å². The van der Waals surface area contributed by atoms with Crippen LogP contribution in [0.25, 0.3) is 10.2 Å². The molecule has 9 nitrogen and oxygen atoms in total. The number of aromatic amines is 1. The van der Waals surface area contributed by atoms with E-state index in [2.05, 4.69) is 14.7 Å². The van der Waals surface area contributed by atoms with Crippen molar-refractivity contribution in [1.29, 1.82) is 0 Å². The quantitative estimate of drug-likeness (QED) is 0.528. The lowest BCUT2D eigenvalue weighted by Crippen LogP contribution is -2.33. The number of sulfonamides is 1. The van der Waals surface area contributed by atoms with Gasteiger partial charge in [0.05, 0.1) is 23.3 Å². The summed E-state index contributed by atoms with van der Waals surface area (Å²) in [6, 6.07) is 8.89. The Morgan fingerprint density at radius 3 is 2.78 bits per heavy atom. The molecule has 0 atom stereocenters. The molecule has 0 spiro atoms. The molecule has 142 valence electrons. The highest BCUT2D eigenvalue weighted by atomic mass is 32.2. The van der Waals surface area contributed by atoms with Gasteiger partial charge in [0, 0.05) is 13.2 Å². The number of aromatic nitrogens is 2. The minimum Gasteiger partial charge on any atom is -0.369 e. The van der Waals surface area contributed by atoms with Crippen LogP contribution in [0.5, 0.6) is 0 Å². The largest absolute Gasteiger partial charge is 0.369 e. The molecule has 0 fully saturated rings. The van der Waals surface area contributed by atoms with Gasteiger partial charge in [0.2, 0.25) is 15.9 Å². The number of nitrogens with zero attached hydrogens (tertiary/aromatic N) is 2. The third kappa shape index (κ3) is 4.32. The van der Waals surface area contributed by atoms with Crippen molar-refractivity contribution in [3.8, 4) is 0 Å². The van der Waals surface area contributed by atoms with E-state index in [0.29, 0.717) is 6.54 Å². The summed E-state index contributed by atoms with van der Waals surface area (Å²) in [6.07, 6.45) is 1.18. The van der Waals surface area contributed by atoms with Gasteiger partial charge in [0.15, 0.2) is 0 Å². The van der Waals surface area contributed by atoms with Crippen molar-refractivity contribution in [1.82, 2.24) is 19.6 Å². The molecule has 3 aromatic rings. The number of carbonyl (C=O) groups is 2. The molecule has 2 aromatic heterocycles. The van der Waals surface area contributed by atoms with Gasteiger partial charge in [-0.1, -0.05) is 12.1 Å². The number of carbonyl (C=O) groups excluding carboxylic acids is 2. The highest BCUT2D eigenvalue weighted by Gasteiger charge is 2.21. The van der Waals surface area contributed by atoms with Gasteiger partial charge in [-0.15, -0.1) is 11.3 Å². The number of primary amides is 1. The molecular formula is C16H17N5O4S2. The van der Waals surface area contributed by atoms with E-state index in [1.807, 2.05) is 24.3 Å². The minimum absolute atomic E-state index is 0.109. The van der Waals surface area contributed by atoms with Gasteiger partial charge in [0.1, 0.15) is 15.6 Å². The highest BCUT2D eigenvalue weighted by molar-refractivity contribution is 7.89. The van der Waals surface area contributed by atoms with Crippen molar-refractivity contribution in [2.75, 3.05) is 13.6 Å². The van der Waals surface area contributed by atoms with Crippen LogP contribution >= 0.6 is 11.3 Å². The van der Waals surface area contributed by atoms with Crippen molar-refractivity contribution in [3.63, 3.8) is 0 Å². The van der Waals surface area contributed by atoms with Crippen molar-refractivity contribution in [3.05, 3.63) is 47.2 Å². The van der Waals surface area contributed by atoms with Gasteiger partial charge < -0.3 is 15.6 Å². The zero-order chi connectivity index (χ0) is 19.6. The van der Waals surface area contributed by atoms with E-state index >= 15 is 0 Å². The number of fused-ring (bicyclic) bond motifs is 1. The van der Waals surface area contributed by atoms with E-state index in [0.717, 1.165) is 15.2 Å². The molecule has 0 unspecified atom stereocenters. The standard InChI is InChI=1S/C16H17N5O4S2/c1-21(9-15-20-11-4-2-3-5-13(11)26-15)16(23)12-6-10(7-18-12)27(24,25)19-8-14(17)22/h2-7,18-19H,8-9H2,1H3,(H2,17,22). The summed E-state index contributed by atoms with van der Waals surface area (Å²) < 4.78 is 27.2. The van der Waals surface area contributed by atoms with Crippen LogP contribution < -0.4 is 10.5 Å². The lowest BCUT2D eigenvalue weighted by molar-refractivity contribution is -0.116. The Morgan fingerprint density at radius 2 is 2.07 bits per heavy atom. The molecule has 0 radical (unpaired) electrons. The first-order valence-electron chi connectivity index (χ1n) is 7.82. The second-order valence-corrected chi connectivity index (χ2v) is 8.66. The van der Waals surface area contributed by atoms with E-state index in [4.69, 9.17) is 5.73 Å². The number of thiazole rings is 1. The predicted molar refractivity (Wildman–Crippen MR) is 101 cm³/mol. The number of benzene rings is 1. The Balaban J connectivity index is 1.72. The summed E-state index contributed by atoms with van der Waals surface area (Å²) >= 11 is 1.49. The number of rotatable bonds is 7. The van der Waals surface area contributed by atoms with Crippen LogP contribution in [0.3, 0.4) is 0 Å². The molecule has 0 saturated heterocycles. The summed E-state index contributed by atoms with van der Waals surface area (Å²) in [5, 5.41) is 0.773. The van der Waals surface area contributed by atoms with Crippen LogP contribution in [0.1, 0.15) is 15.5 Å². The number of H-pyrrole nitrogens is 1. The molecular weight excluding hydrogens is 390 g/mol. The molecule has 0 aliphatic heterocycles. The summed E-state index contributed by atoms with van der Waals surface area (Å²) in [7, 11) is -2.33. The number of nitrogens with two attached hydrogens (primary N) is 1. The third-order valence-electron chi connectivity index (χ3n) is 3.69. The lowest BCUT2D eigenvalue weighted by atomic mass is 10.3. The zero-order valence-corrected chi connectivity index (χ0v) is 15.9. The fourth-order valence-corrected chi connectivity index (χ4v) is 4.38. The molecule has 4 N–H and O–H groups in total.